The summed E-state index contributed by atoms with van der Waals surface area (Å²) in [5, 5.41) is 22.1. The molecule has 21 heavy (non-hydrogen) atoms. The van der Waals surface area contributed by atoms with Gasteiger partial charge in [-0.15, -0.1) is 0 Å². The third kappa shape index (κ3) is 4.55. The van der Waals surface area contributed by atoms with E-state index in [4.69, 9.17) is 5.11 Å². The van der Waals surface area contributed by atoms with Crippen LogP contribution in [0.4, 0.5) is 5.82 Å². The number of amides is 1. The van der Waals surface area contributed by atoms with E-state index in [-0.39, 0.29) is 18.8 Å². The minimum absolute atomic E-state index is 0.0140. The van der Waals surface area contributed by atoms with E-state index in [1.54, 1.807) is 0 Å². The van der Waals surface area contributed by atoms with E-state index in [2.05, 4.69) is 10.3 Å². The molecule has 0 spiro atoms. The van der Waals surface area contributed by atoms with Crippen molar-refractivity contribution in [2.45, 2.75) is 45.2 Å². The van der Waals surface area contributed by atoms with Gasteiger partial charge < -0.3 is 25.1 Å². The van der Waals surface area contributed by atoms with Gasteiger partial charge in [0.25, 0.3) is 0 Å². The Kier molecular flexibility index (Phi) is 5.39. The minimum Gasteiger partial charge on any atom is -0.480 e. The number of carbonyl (C=O) groups is 2. The predicted octanol–water partition coefficient (Wildman–Crippen LogP) is 0.941. The lowest BCUT2D eigenvalue weighted by molar-refractivity contribution is -0.389. The Morgan fingerprint density at radius 1 is 1.57 bits per heavy atom. The predicted molar refractivity (Wildman–Crippen MR) is 72.6 cm³/mol. The summed E-state index contributed by atoms with van der Waals surface area (Å²) in [4.78, 5) is 36.4. The topological polar surface area (TPSA) is 127 Å². The van der Waals surface area contributed by atoms with Crippen LogP contribution >= 0.6 is 0 Å². The second-order valence-corrected chi connectivity index (χ2v) is 4.91. The molecule has 1 aromatic heterocycles. The standard InChI is InChI=1S/C12H18N4O5/c1-3-5-12(2,11(18)19)14-10(17)4-6-15-7-9(13-8-15)16(20)21/h7-8H,3-6H2,1-2H3,(H,14,17)(H,18,19). The fourth-order valence-electron chi connectivity index (χ4n) is 1.89. The molecule has 0 bridgehead atoms. The highest BCUT2D eigenvalue weighted by atomic mass is 16.6. The molecule has 1 amide bonds. The SMILES string of the molecule is CCCC(C)(NC(=O)CCn1cnc([N+](=O)[O-])c1)C(=O)O. The summed E-state index contributed by atoms with van der Waals surface area (Å²) in [5.41, 5.74) is -1.30. The maximum absolute atomic E-state index is 11.8. The van der Waals surface area contributed by atoms with E-state index in [9.17, 15) is 19.7 Å². The maximum atomic E-state index is 11.8. The molecule has 1 heterocycles. The number of aromatic nitrogens is 2. The van der Waals surface area contributed by atoms with Crippen LogP contribution in [-0.2, 0) is 16.1 Å². The number of aryl methyl sites for hydroxylation is 1. The maximum Gasteiger partial charge on any atom is 0.381 e. The third-order valence-electron chi connectivity index (χ3n) is 3.04. The Balaban J connectivity index is 2.56. The van der Waals surface area contributed by atoms with Gasteiger partial charge in [0.2, 0.25) is 12.2 Å². The highest BCUT2D eigenvalue weighted by Gasteiger charge is 2.33. The highest BCUT2D eigenvalue weighted by Crippen LogP contribution is 2.13. The van der Waals surface area contributed by atoms with Gasteiger partial charge in [0.1, 0.15) is 11.7 Å². The number of hydrogen-bond acceptors (Lipinski definition) is 5. The zero-order chi connectivity index (χ0) is 16.0. The number of hydrogen-bond donors (Lipinski definition) is 2. The normalized spacial score (nSPS) is 13.4. The lowest BCUT2D eigenvalue weighted by Gasteiger charge is -2.25. The van der Waals surface area contributed by atoms with E-state index in [1.807, 2.05) is 6.92 Å². The van der Waals surface area contributed by atoms with Crippen LogP contribution in [0.3, 0.4) is 0 Å². The first-order chi connectivity index (χ1) is 9.78. The highest BCUT2D eigenvalue weighted by molar-refractivity contribution is 5.86. The molecule has 2 N–H and O–H groups in total. The molecule has 0 saturated carbocycles. The van der Waals surface area contributed by atoms with Crippen molar-refractivity contribution in [1.82, 2.24) is 14.9 Å². The smallest absolute Gasteiger partial charge is 0.381 e. The van der Waals surface area contributed by atoms with Crippen molar-refractivity contribution < 1.29 is 19.6 Å². The molecule has 1 rings (SSSR count). The van der Waals surface area contributed by atoms with E-state index in [0.717, 1.165) is 0 Å². The number of imidazole rings is 1. The van der Waals surface area contributed by atoms with Crippen LogP contribution in [0.25, 0.3) is 0 Å². The second kappa shape index (κ2) is 6.82. The fourth-order valence-corrected chi connectivity index (χ4v) is 1.89. The first-order valence-corrected chi connectivity index (χ1v) is 6.49. The number of nitrogens with one attached hydrogen (secondary N) is 1. The van der Waals surface area contributed by atoms with E-state index in [1.165, 1.54) is 24.0 Å². The van der Waals surface area contributed by atoms with Crippen LogP contribution in [0.2, 0.25) is 0 Å². The lowest BCUT2D eigenvalue weighted by atomic mass is 9.96. The van der Waals surface area contributed by atoms with Crippen molar-refractivity contribution in [2.75, 3.05) is 0 Å². The summed E-state index contributed by atoms with van der Waals surface area (Å²) in [7, 11) is 0. The Morgan fingerprint density at radius 2 is 2.24 bits per heavy atom. The molecule has 1 unspecified atom stereocenters. The van der Waals surface area contributed by atoms with Gasteiger partial charge in [0, 0.05) is 13.0 Å². The Bertz CT molecular complexity index is 542. The molecule has 0 aliphatic carbocycles. The van der Waals surface area contributed by atoms with E-state index in [0.29, 0.717) is 12.8 Å². The zero-order valence-electron chi connectivity index (χ0n) is 11.9. The molecule has 0 fully saturated rings. The molecular weight excluding hydrogens is 280 g/mol. The van der Waals surface area contributed by atoms with Gasteiger partial charge in [-0.25, -0.2) is 4.79 Å². The molecule has 9 heteroatoms. The first-order valence-electron chi connectivity index (χ1n) is 6.49. The fraction of sp³-hybridized carbons (Fsp3) is 0.583. The van der Waals surface area contributed by atoms with Crippen molar-refractivity contribution >= 4 is 17.7 Å². The average molecular weight is 298 g/mol. The van der Waals surface area contributed by atoms with Gasteiger partial charge in [-0.3, -0.25) is 4.79 Å². The molecule has 0 saturated heterocycles. The van der Waals surface area contributed by atoms with Crippen molar-refractivity contribution in [3.8, 4) is 0 Å². The lowest BCUT2D eigenvalue weighted by Crippen LogP contribution is -2.52. The molecule has 0 aliphatic rings. The average Bonchev–Trinajstić information content (AvgIpc) is 2.85. The van der Waals surface area contributed by atoms with Gasteiger partial charge in [-0.05, 0) is 23.3 Å². The summed E-state index contributed by atoms with van der Waals surface area (Å²) >= 11 is 0. The monoisotopic (exact) mass is 298 g/mol. The molecule has 0 aliphatic heterocycles. The number of nitrogens with zero attached hydrogens (tertiary/aromatic N) is 3. The van der Waals surface area contributed by atoms with Gasteiger partial charge >= 0.3 is 11.8 Å². The number of carboxylic acids is 1. The number of rotatable bonds is 8. The molecule has 0 radical (unpaired) electrons. The quantitative estimate of drug-likeness (QED) is 0.543. The molecular formula is C12H18N4O5. The zero-order valence-corrected chi connectivity index (χ0v) is 11.9. The van der Waals surface area contributed by atoms with Gasteiger partial charge in [-0.1, -0.05) is 13.3 Å². The van der Waals surface area contributed by atoms with Gasteiger partial charge in [0.05, 0.1) is 0 Å². The largest absolute Gasteiger partial charge is 0.480 e. The van der Waals surface area contributed by atoms with Crippen molar-refractivity contribution in [1.29, 1.82) is 0 Å². The van der Waals surface area contributed by atoms with Crippen LogP contribution in [0.15, 0.2) is 12.5 Å². The Morgan fingerprint density at radius 3 is 2.71 bits per heavy atom. The second-order valence-electron chi connectivity index (χ2n) is 4.91. The van der Waals surface area contributed by atoms with Crippen LogP contribution in [0, 0.1) is 10.1 Å². The molecule has 9 nitrogen and oxygen atoms in total. The van der Waals surface area contributed by atoms with Crippen molar-refractivity contribution in [3.63, 3.8) is 0 Å². The summed E-state index contributed by atoms with van der Waals surface area (Å²) in [5.74, 6) is -1.81. The summed E-state index contributed by atoms with van der Waals surface area (Å²) < 4.78 is 1.41. The third-order valence-corrected chi connectivity index (χ3v) is 3.04. The van der Waals surface area contributed by atoms with Crippen molar-refractivity contribution in [2.24, 2.45) is 0 Å². The molecule has 116 valence electrons. The van der Waals surface area contributed by atoms with Crippen LogP contribution in [-0.4, -0.2) is 37.0 Å². The summed E-state index contributed by atoms with van der Waals surface area (Å²) in [6.45, 7) is 3.48. The Labute approximate surface area is 121 Å². The number of nitro groups is 1. The Hall–Kier alpha value is -2.45. The molecule has 1 aromatic rings. The van der Waals surface area contributed by atoms with Crippen LogP contribution in [0.1, 0.15) is 33.1 Å². The van der Waals surface area contributed by atoms with E-state index >= 15 is 0 Å². The summed E-state index contributed by atoms with van der Waals surface area (Å²) in [6.07, 6.45) is 3.44. The first kappa shape index (κ1) is 16.6. The summed E-state index contributed by atoms with van der Waals surface area (Å²) in [6, 6.07) is 0. The number of carbonyl (C=O) groups excluding carboxylic acids is 1. The number of carboxylic acid groups (broad SMARTS) is 1. The van der Waals surface area contributed by atoms with Crippen molar-refractivity contribution in [3.05, 3.63) is 22.6 Å². The minimum atomic E-state index is -1.30. The van der Waals surface area contributed by atoms with Gasteiger partial charge in [-0.2, -0.15) is 0 Å². The molecule has 0 aromatic carbocycles. The van der Waals surface area contributed by atoms with Gasteiger partial charge in [0.15, 0.2) is 0 Å². The number of aliphatic carboxylic acids is 1. The van der Waals surface area contributed by atoms with E-state index < -0.39 is 22.3 Å². The van der Waals surface area contributed by atoms with Crippen LogP contribution < -0.4 is 5.32 Å². The van der Waals surface area contributed by atoms with Crippen LogP contribution in [0.5, 0.6) is 0 Å². The molecule has 1 atom stereocenters.